The maximum Gasteiger partial charge on any atom is 0.161 e. The number of hydrogen-bond donors (Lipinski definition) is 0. The van der Waals surface area contributed by atoms with E-state index >= 15 is 0 Å². The lowest BCUT2D eigenvalue weighted by Crippen LogP contribution is -2.33. The zero-order chi connectivity index (χ0) is 24.2. The number of benzene rings is 3. The van der Waals surface area contributed by atoms with Gasteiger partial charge in [0.2, 0.25) is 0 Å². The monoisotopic (exact) mass is 534 g/mol. The minimum absolute atomic E-state index is 0. The second-order valence-corrected chi connectivity index (χ2v) is 9.39. The SMILES string of the molecule is COc1cc2c(cc1OC)CN(CCCN(C)C(C)c1ccc3c(C)c(OC)ccc3c1)CC2.Cl.Cl. The molecule has 1 aliphatic rings. The van der Waals surface area contributed by atoms with Crippen molar-refractivity contribution in [2.75, 3.05) is 48.0 Å². The summed E-state index contributed by atoms with van der Waals surface area (Å²) in [5, 5.41) is 2.53. The summed E-state index contributed by atoms with van der Waals surface area (Å²) in [6, 6.07) is 15.7. The molecule has 0 bridgehead atoms. The molecule has 0 N–H and O–H groups in total. The zero-order valence-electron chi connectivity index (χ0n) is 22.3. The normalized spacial score (nSPS) is 14.0. The molecule has 0 amide bonds. The van der Waals surface area contributed by atoms with Crippen LogP contribution in [-0.4, -0.2) is 57.8 Å². The molecule has 1 aliphatic heterocycles. The molecule has 0 aromatic heterocycles. The largest absolute Gasteiger partial charge is 0.496 e. The van der Waals surface area contributed by atoms with Gasteiger partial charge in [-0.15, -0.1) is 24.8 Å². The van der Waals surface area contributed by atoms with E-state index in [1.54, 1.807) is 21.3 Å². The summed E-state index contributed by atoms with van der Waals surface area (Å²) in [6.07, 6.45) is 2.20. The number of ether oxygens (including phenoxy) is 3. The summed E-state index contributed by atoms with van der Waals surface area (Å²) < 4.78 is 16.5. The van der Waals surface area contributed by atoms with Crippen LogP contribution in [0.15, 0.2) is 42.5 Å². The zero-order valence-corrected chi connectivity index (χ0v) is 23.9. The van der Waals surface area contributed by atoms with Crippen molar-refractivity contribution in [3.8, 4) is 17.2 Å². The van der Waals surface area contributed by atoms with Crippen LogP contribution in [0, 0.1) is 6.92 Å². The molecule has 0 radical (unpaired) electrons. The molecule has 7 heteroatoms. The van der Waals surface area contributed by atoms with Gasteiger partial charge in [-0.3, -0.25) is 9.80 Å². The van der Waals surface area contributed by atoms with Gasteiger partial charge < -0.3 is 14.2 Å². The predicted octanol–water partition coefficient (Wildman–Crippen LogP) is 6.46. The van der Waals surface area contributed by atoms with Gasteiger partial charge in [0.05, 0.1) is 21.3 Å². The molecule has 5 nitrogen and oxygen atoms in total. The van der Waals surface area contributed by atoms with Crippen molar-refractivity contribution in [2.45, 2.75) is 39.3 Å². The number of hydrogen-bond acceptors (Lipinski definition) is 5. The fourth-order valence-corrected chi connectivity index (χ4v) is 5.09. The van der Waals surface area contributed by atoms with Gasteiger partial charge in [-0.1, -0.05) is 18.2 Å². The topological polar surface area (TPSA) is 34.2 Å². The van der Waals surface area contributed by atoms with Crippen molar-refractivity contribution < 1.29 is 14.2 Å². The molecule has 1 atom stereocenters. The Hall–Kier alpha value is -2.18. The number of rotatable bonds is 9. The van der Waals surface area contributed by atoms with E-state index in [0.717, 1.165) is 56.3 Å². The molecule has 36 heavy (non-hydrogen) atoms. The Labute approximate surface area is 228 Å². The minimum Gasteiger partial charge on any atom is -0.496 e. The Morgan fingerprint density at radius 3 is 2.22 bits per heavy atom. The van der Waals surface area contributed by atoms with Gasteiger partial charge in [-0.2, -0.15) is 0 Å². The van der Waals surface area contributed by atoms with Crippen LogP contribution < -0.4 is 14.2 Å². The summed E-state index contributed by atoms with van der Waals surface area (Å²) in [4.78, 5) is 5.02. The maximum atomic E-state index is 5.51. The molecule has 1 heterocycles. The first kappa shape index (κ1) is 30.0. The summed E-state index contributed by atoms with van der Waals surface area (Å²) in [5.41, 5.74) is 5.29. The lowest BCUT2D eigenvalue weighted by molar-refractivity contribution is 0.210. The van der Waals surface area contributed by atoms with E-state index in [1.807, 2.05) is 0 Å². The second-order valence-electron chi connectivity index (χ2n) is 9.39. The highest BCUT2D eigenvalue weighted by Crippen LogP contribution is 2.33. The second kappa shape index (κ2) is 13.4. The molecular formula is C29H40Cl2N2O3. The van der Waals surface area contributed by atoms with E-state index in [0.29, 0.717) is 6.04 Å². The summed E-state index contributed by atoms with van der Waals surface area (Å²) >= 11 is 0. The van der Waals surface area contributed by atoms with E-state index in [-0.39, 0.29) is 24.8 Å². The first-order valence-corrected chi connectivity index (χ1v) is 12.2. The maximum absolute atomic E-state index is 5.51. The van der Waals surface area contributed by atoms with Crippen molar-refractivity contribution in [1.82, 2.24) is 9.80 Å². The quantitative estimate of drug-likeness (QED) is 0.314. The van der Waals surface area contributed by atoms with Crippen LogP contribution in [0.4, 0.5) is 0 Å². The van der Waals surface area contributed by atoms with Crippen LogP contribution >= 0.6 is 24.8 Å². The highest BCUT2D eigenvalue weighted by atomic mass is 35.5. The first-order valence-electron chi connectivity index (χ1n) is 12.2. The molecule has 3 aromatic rings. The Morgan fingerprint density at radius 2 is 1.56 bits per heavy atom. The van der Waals surface area contributed by atoms with Crippen molar-refractivity contribution in [1.29, 1.82) is 0 Å². The van der Waals surface area contributed by atoms with Crippen LogP contribution in [0.5, 0.6) is 17.2 Å². The standard InChI is InChI=1S/C29H38N2O3.2ClH/c1-20-26-10-8-22(16-24(26)9-11-27(20)32-4)21(2)30(3)13-7-14-31-15-12-23-17-28(33-5)29(34-6)18-25(23)19-31;;/h8-11,16-18,21H,7,12-15,19H2,1-6H3;2*1H. The van der Waals surface area contributed by atoms with Gasteiger partial charge in [0, 0.05) is 19.1 Å². The highest BCUT2D eigenvalue weighted by molar-refractivity contribution is 5.88. The number of nitrogens with zero attached hydrogens (tertiary/aromatic N) is 2. The van der Waals surface area contributed by atoms with E-state index in [9.17, 15) is 0 Å². The van der Waals surface area contributed by atoms with E-state index in [1.165, 1.54) is 33.0 Å². The third-order valence-corrected chi connectivity index (χ3v) is 7.41. The van der Waals surface area contributed by atoms with Crippen LogP contribution in [0.2, 0.25) is 0 Å². The van der Waals surface area contributed by atoms with Crippen molar-refractivity contribution >= 4 is 35.6 Å². The highest BCUT2D eigenvalue weighted by Gasteiger charge is 2.20. The molecular weight excluding hydrogens is 495 g/mol. The molecule has 198 valence electrons. The average Bonchev–Trinajstić information content (AvgIpc) is 2.87. The molecule has 3 aromatic carbocycles. The average molecular weight is 536 g/mol. The van der Waals surface area contributed by atoms with Gasteiger partial charge in [0.1, 0.15) is 5.75 Å². The van der Waals surface area contributed by atoms with Gasteiger partial charge in [0.25, 0.3) is 0 Å². The Morgan fingerprint density at radius 1 is 0.889 bits per heavy atom. The van der Waals surface area contributed by atoms with Gasteiger partial charge in [-0.25, -0.2) is 0 Å². The van der Waals surface area contributed by atoms with Crippen molar-refractivity contribution in [3.05, 3.63) is 64.7 Å². The number of methoxy groups -OCH3 is 3. The third kappa shape index (κ3) is 6.38. The third-order valence-electron chi connectivity index (χ3n) is 7.41. The molecule has 1 unspecified atom stereocenters. The summed E-state index contributed by atoms with van der Waals surface area (Å²) in [6.45, 7) is 8.66. The van der Waals surface area contributed by atoms with Crippen LogP contribution in [0.1, 0.15) is 41.6 Å². The molecule has 0 saturated carbocycles. The predicted molar refractivity (Wildman–Crippen MR) is 154 cm³/mol. The van der Waals surface area contributed by atoms with E-state index in [2.05, 4.69) is 73.2 Å². The number of fused-ring (bicyclic) bond motifs is 2. The molecule has 0 fully saturated rings. The van der Waals surface area contributed by atoms with Gasteiger partial charge >= 0.3 is 0 Å². The molecule has 0 aliphatic carbocycles. The number of aryl methyl sites for hydroxylation is 1. The number of halogens is 2. The van der Waals surface area contributed by atoms with E-state index < -0.39 is 0 Å². The lowest BCUT2D eigenvalue weighted by Gasteiger charge is -2.31. The van der Waals surface area contributed by atoms with Gasteiger partial charge in [-0.05, 0) is 104 Å². The Kier molecular flexibility index (Phi) is 11.2. The molecule has 4 rings (SSSR count). The summed E-state index contributed by atoms with van der Waals surface area (Å²) in [7, 11) is 7.37. The molecule has 0 spiro atoms. The van der Waals surface area contributed by atoms with Crippen LogP contribution in [0.25, 0.3) is 10.8 Å². The molecule has 0 saturated heterocycles. The van der Waals surface area contributed by atoms with Crippen LogP contribution in [-0.2, 0) is 13.0 Å². The van der Waals surface area contributed by atoms with E-state index in [4.69, 9.17) is 14.2 Å². The minimum atomic E-state index is 0. The lowest BCUT2D eigenvalue weighted by atomic mass is 9.98. The van der Waals surface area contributed by atoms with Gasteiger partial charge in [0.15, 0.2) is 11.5 Å². The summed E-state index contributed by atoms with van der Waals surface area (Å²) in [5.74, 6) is 2.59. The fraction of sp³-hybridized carbons (Fsp3) is 0.448. The Bertz CT molecular complexity index is 1160. The van der Waals surface area contributed by atoms with Crippen molar-refractivity contribution in [3.63, 3.8) is 0 Å². The first-order chi connectivity index (χ1) is 16.4. The van der Waals surface area contributed by atoms with Crippen molar-refractivity contribution in [2.24, 2.45) is 0 Å². The fourth-order valence-electron chi connectivity index (χ4n) is 5.09. The smallest absolute Gasteiger partial charge is 0.161 e. The van der Waals surface area contributed by atoms with Crippen LogP contribution in [0.3, 0.4) is 0 Å². The Balaban J connectivity index is 0.00000228.